The zero-order valence-electron chi connectivity index (χ0n) is 6.17. The van der Waals surface area contributed by atoms with Crippen molar-refractivity contribution < 1.29 is 14.0 Å². The first-order chi connectivity index (χ1) is 5.45. The normalized spacial score (nSPS) is 32.0. The van der Waals surface area contributed by atoms with Gasteiger partial charge in [-0.15, -0.1) is 0 Å². The van der Waals surface area contributed by atoms with Gasteiger partial charge in [-0.05, 0) is 0 Å². The van der Waals surface area contributed by atoms with E-state index in [1.807, 2.05) is 17.1 Å². The predicted octanol–water partition coefficient (Wildman–Crippen LogP) is 2.51. The van der Waals surface area contributed by atoms with Crippen molar-refractivity contribution in [2.75, 3.05) is 0 Å². The first kappa shape index (κ1) is 5.24. The van der Waals surface area contributed by atoms with Crippen molar-refractivity contribution in [1.82, 2.24) is 0 Å². The topological polar surface area (TPSA) is 0 Å². The molecule has 2 aliphatic carbocycles. The van der Waals surface area contributed by atoms with Gasteiger partial charge >= 0.3 is 68.3 Å². The summed E-state index contributed by atoms with van der Waals surface area (Å²) in [5.74, 6) is 0. The second-order valence-electron chi connectivity index (χ2n) is 3.55. The summed E-state index contributed by atoms with van der Waals surface area (Å²) in [6.07, 6.45) is 12.1. The van der Waals surface area contributed by atoms with Crippen molar-refractivity contribution in [2.45, 2.75) is 12.8 Å². The van der Waals surface area contributed by atoms with Crippen LogP contribution in [0.4, 0.5) is 0 Å². The van der Waals surface area contributed by atoms with Gasteiger partial charge in [0.25, 0.3) is 0 Å². The number of hydrogen-bond donors (Lipinski definition) is 0. The third kappa shape index (κ3) is 0.347. The molecule has 0 aromatic rings. The van der Waals surface area contributed by atoms with Crippen LogP contribution in [0.1, 0.15) is 12.8 Å². The van der Waals surface area contributed by atoms with Gasteiger partial charge in [0.2, 0.25) is 0 Å². The van der Waals surface area contributed by atoms with Crippen LogP contribution in [-0.2, 0) is 14.0 Å². The monoisotopic (exact) mass is 179 g/mol. The number of rotatable bonds is 0. The maximum atomic E-state index is 2.40. The average molecular weight is 179 g/mol. The van der Waals surface area contributed by atoms with Gasteiger partial charge in [-0.25, -0.2) is 0 Å². The minimum atomic E-state index is -1.25. The molecular weight excluding hydrogens is 171 g/mol. The fourth-order valence-corrected chi connectivity index (χ4v) is 10.5. The van der Waals surface area contributed by atoms with Crippen LogP contribution < -0.4 is 0 Å². The van der Waals surface area contributed by atoms with E-state index in [9.17, 15) is 0 Å². The van der Waals surface area contributed by atoms with Crippen LogP contribution in [0.5, 0.6) is 0 Å². The van der Waals surface area contributed by atoms with Crippen LogP contribution in [0.25, 0.3) is 0 Å². The third-order valence-corrected chi connectivity index (χ3v) is 9.92. The summed E-state index contributed by atoms with van der Waals surface area (Å²) in [6.45, 7) is 0. The van der Waals surface area contributed by atoms with Gasteiger partial charge in [-0.2, -0.15) is 0 Å². The molecule has 4 rings (SSSR count). The summed E-state index contributed by atoms with van der Waals surface area (Å²) in [5, 5.41) is 0. The third-order valence-electron chi connectivity index (χ3n) is 3.20. The van der Waals surface area contributed by atoms with Gasteiger partial charge in [-0.1, -0.05) is 0 Å². The van der Waals surface area contributed by atoms with Gasteiger partial charge in [0.05, 0.1) is 0 Å². The van der Waals surface area contributed by atoms with E-state index >= 15 is 0 Å². The van der Waals surface area contributed by atoms with E-state index in [4.69, 9.17) is 0 Å². The Morgan fingerprint density at radius 2 is 1.45 bits per heavy atom. The molecule has 0 atom stereocenters. The standard InChI is InChI=1S/2C5H4.V/c2*1-2-4-5-3-1;/h2*1-2H,3H2;. The Bertz CT molecular complexity index is 365. The van der Waals surface area contributed by atoms with Crippen molar-refractivity contribution in [1.29, 1.82) is 0 Å². The molecule has 0 fully saturated rings. The van der Waals surface area contributed by atoms with Gasteiger partial charge in [0.15, 0.2) is 0 Å². The summed E-state index contributed by atoms with van der Waals surface area (Å²) < 4.78 is 7.41. The summed E-state index contributed by atoms with van der Waals surface area (Å²) in [4.78, 5) is 0. The SMILES string of the molecule is C1=C[C]2=[C](C1)[V]21[C]2=[C]1CC=C2. The molecule has 2 aliphatic heterocycles. The van der Waals surface area contributed by atoms with Gasteiger partial charge in [0, 0.05) is 0 Å². The number of fused-ring (bicyclic) bond motifs is 4. The van der Waals surface area contributed by atoms with Crippen molar-refractivity contribution in [2.24, 2.45) is 0 Å². The fourth-order valence-electron chi connectivity index (χ4n) is 2.67. The summed E-state index contributed by atoms with van der Waals surface area (Å²) >= 11 is -1.25. The Labute approximate surface area is 68.6 Å². The van der Waals surface area contributed by atoms with E-state index in [1.54, 1.807) is 0 Å². The molecule has 53 valence electrons. The summed E-state index contributed by atoms with van der Waals surface area (Å²) in [6, 6.07) is 0. The average Bonchev–Trinajstić information content (AvgIpc) is 2.68. The van der Waals surface area contributed by atoms with Crippen LogP contribution in [-0.4, -0.2) is 0 Å². The van der Waals surface area contributed by atoms with E-state index in [0.717, 1.165) is 0 Å². The molecule has 11 heavy (non-hydrogen) atoms. The minimum absolute atomic E-state index is 1.25. The van der Waals surface area contributed by atoms with Crippen molar-refractivity contribution in [3.8, 4) is 0 Å². The van der Waals surface area contributed by atoms with E-state index in [0.29, 0.717) is 0 Å². The Kier molecular flexibility index (Phi) is 0.598. The second-order valence-corrected chi connectivity index (χ2v) is 8.83. The molecule has 2 heterocycles. The zero-order chi connectivity index (χ0) is 7.05. The Morgan fingerprint density at radius 3 is 1.82 bits per heavy atom. The molecule has 0 aromatic heterocycles. The van der Waals surface area contributed by atoms with Gasteiger partial charge in [0.1, 0.15) is 0 Å². The van der Waals surface area contributed by atoms with Crippen molar-refractivity contribution in [3.05, 3.63) is 41.4 Å². The maximum absolute atomic E-state index is 2.40. The first-order valence-electron chi connectivity index (χ1n) is 4.16. The molecule has 4 aliphatic rings. The molecule has 1 heteroatoms. The van der Waals surface area contributed by atoms with Crippen LogP contribution in [0, 0.1) is 0 Å². The molecule has 0 saturated heterocycles. The molecule has 0 saturated carbocycles. The molecule has 0 bridgehead atoms. The van der Waals surface area contributed by atoms with Crippen molar-refractivity contribution in [3.63, 3.8) is 0 Å². The summed E-state index contributed by atoms with van der Waals surface area (Å²) in [5.41, 5.74) is 0. The molecule has 0 radical (unpaired) electrons. The van der Waals surface area contributed by atoms with Crippen LogP contribution in [0.15, 0.2) is 41.4 Å². The first-order valence-corrected chi connectivity index (χ1v) is 6.96. The Morgan fingerprint density at radius 1 is 0.909 bits per heavy atom. The van der Waals surface area contributed by atoms with Crippen LogP contribution in [0.2, 0.25) is 0 Å². The molecule has 0 unspecified atom stereocenters. The Hall–Kier alpha value is -0.456. The molecule has 1 spiro atoms. The molecule has 0 N–H and O–H groups in total. The number of hydrogen-bond acceptors (Lipinski definition) is 0. The van der Waals surface area contributed by atoms with E-state index in [-0.39, 0.29) is 0 Å². The van der Waals surface area contributed by atoms with E-state index in [1.165, 1.54) is 12.8 Å². The van der Waals surface area contributed by atoms with Crippen LogP contribution in [0.3, 0.4) is 0 Å². The van der Waals surface area contributed by atoms with Crippen LogP contribution >= 0.6 is 0 Å². The second kappa shape index (κ2) is 1.26. The molecule has 0 amide bonds. The van der Waals surface area contributed by atoms with E-state index in [2.05, 4.69) is 24.3 Å². The quantitative estimate of drug-likeness (QED) is 0.536. The molecule has 0 nitrogen and oxygen atoms in total. The zero-order valence-corrected chi connectivity index (χ0v) is 7.57. The number of allylic oxidation sites excluding steroid dienone is 8. The van der Waals surface area contributed by atoms with E-state index < -0.39 is 14.0 Å². The van der Waals surface area contributed by atoms with Gasteiger partial charge < -0.3 is 0 Å². The molecule has 0 aromatic carbocycles. The predicted molar refractivity (Wildman–Crippen MR) is 41.6 cm³/mol. The van der Waals surface area contributed by atoms with Crippen molar-refractivity contribution >= 4 is 0 Å². The molecular formula is C10H8V. The fraction of sp³-hybridized carbons (Fsp3) is 0.200. The van der Waals surface area contributed by atoms with Gasteiger partial charge in [-0.3, -0.25) is 0 Å². The Balaban J connectivity index is 1.84. The summed E-state index contributed by atoms with van der Waals surface area (Å²) in [7, 11) is 0.